The molecule has 0 saturated heterocycles. The number of rotatable bonds is 8. The third kappa shape index (κ3) is 4.52. The van der Waals surface area contributed by atoms with Crippen molar-refractivity contribution >= 4 is 17.0 Å². The Morgan fingerprint density at radius 3 is 2.90 bits per heavy atom. The maximum Gasteiger partial charge on any atom is 0.129 e. The van der Waals surface area contributed by atoms with Crippen molar-refractivity contribution in [3.8, 4) is 0 Å². The van der Waals surface area contributed by atoms with E-state index in [9.17, 15) is 4.39 Å². The average Bonchev–Trinajstić information content (AvgIpc) is 2.97. The third-order valence-corrected chi connectivity index (χ3v) is 4.02. The molecule has 5 heteroatoms. The fraction of sp³-hybridized carbons (Fsp3) is 0.375. The SMILES string of the molecule is COCCNCc1c(F)cccc1N(C)Cc1ccsc1. The van der Waals surface area contributed by atoms with Gasteiger partial charge in [-0.1, -0.05) is 6.07 Å². The van der Waals surface area contributed by atoms with Crippen LogP contribution in [0.4, 0.5) is 10.1 Å². The van der Waals surface area contributed by atoms with E-state index in [0.29, 0.717) is 25.3 Å². The molecule has 0 aliphatic heterocycles. The second-order valence-corrected chi connectivity index (χ2v) is 5.67. The summed E-state index contributed by atoms with van der Waals surface area (Å²) in [7, 11) is 3.65. The molecular weight excluding hydrogens is 287 g/mol. The lowest BCUT2D eigenvalue weighted by molar-refractivity contribution is 0.199. The van der Waals surface area contributed by atoms with Gasteiger partial charge in [-0.15, -0.1) is 0 Å². The molecule has 0 spiro atoms. The van der Waals surface area contributed by atoms with Crippen molar-refractivity contribution in [3.63, 3.8) is 0 Å². The van der Waals surface area contributed by atoms with E-state index < -0.39 is 0 Å². The number of anilines is 1. The van der Waals surface area contributed by atoms with Crippen LogP contribution in [-0.4, -0.2) is 27.3 Å². The minimum absolute atomic E-state index is 0.172. The molecule has 1 heterocycles. The molecule has 3 nitrogen and oxygen atoms in total. The van der Waals surface area contributed by atoms with E-state index in [2.05, 4.69) is 27.0 Å². The van der Waals surface area contributed by atoms with Crippen LogP contribution >= 0.6 is 11.3 Å². The Morgan fingerprint density at radius 1 is 1.33 bits per heavy atom. The van der Waals surface area contributed by atoms with Crippen LogP contribution in [0, 0.1) is 5.82 Å². The van der Waals surface area contributed by atoms with Gasteiger partial charge in [-0.05, 0) is 34.5 Å². The standard InChI is InChI=1S/C16H21FN2OS/c1-19(11-13-6-9-21-12-13)16-5-3-4-15(17)14(16)10-18-7-8-20-2/h3-6,9,12,18H,7-8,10-11H2,1-2H3. The Labute approximate surface area is 129 Å². The van der Waals surface area contributed by atoms with E-state index in [1.807, 2.05) is 13.1 Å². The molecule has 0 atom stereocenters. The smallest absolute Gasteiger partial charge is 0.129 e. The zero-order valence-corrected chi connectivity index (χ0v) is 13.3. The van der Waals surface area contributed by atoms with Crippen molar-refractivity contribution in [1.82, 2.24) is 5.32 Å². The number of methoxy groups -OCH3 is 1. The molecule has 0 saturated carbocycles. The van der Waals surface area contributed by atoms with Gasteiger partial charge in [0.1, 0.15) is 5.82 Å². The minimum atomic E-state index is -0.172. The van der Waals surface area contributed by atoms with Crippen molar-refractivity contribution in [1.29, 1.82) is 0 Å². The molecule has 114 valence electrons. The van der Waals surface area contributed by atoms with Crippen molar-refractivity contribution in [3.05, 3.63) is 52.0 Å². The fourth-order valence-electron chi connectivity index (χ4n) is 2.21. The molecule has 2 rings (SSSR count). The molecule has 0 aliphatic rings. The van der Waals surface area contributed by atoms with E-state index in [4.69, 9.17) is 4.74 Å². The molecule has 2 aromatic rings. The van der Waals surface area contributed by atoms with Gasteiger partial charge in [0.25, 0.3) is 0 Å². The normalized spacial score (nSPS) is 10.8. The summed E-state index contributed by atoms with van der Waals surface area (Å²) in [5.74, 6) is -0.172. The molecule has 1 N–H and O–H groups in total. The first-order chi connectivity index (χ1) is 10.2. The zero-order chi connectivity index (χ0) is 15.1. The lowest BCUT2D eigenvalue weighted by Crippen LogP contribution is -2.23. The van der Waals surface area contributed by atoms with Gasteiger partial charge < -0.3 is 15.0 Å². The van der Waals surface area contributed by atoms with Crippen molar-refractivity contribution in [2.45, 2.75) is 13.1 Å². The van der Waals surface area contributed by atoms with Crippen LogP contribution < -0.4 is 10.2 Å². The first kappa shape index (κ1) is 15.9. The second-order valence-electron chi connectivity index (χ2n) is 4.89. The Bertz CT molecular complexity index is 545. The quantitative estimate of drug-likeness (QED) is 0.758. The lowest BCUT2D eigenvalue weighted by atomic mass is 10.1. The molecular formula is C16H21FN2OS. The number of benzene rings is 1. The van der Waals surface area contributed by atoms with Gasteiger partial charge in [0.05, 0.1) is 6.61 Å². The maximum atomic E-state index is 14.1. The number of halogens is 1. The Kier molecular flexibility index (Phi) is 6.17. The van der Waals surface area contributed by atoms with E-state index in [-0.39, 0.29) is 5.82 Å². The third-order valence-electron chi connectivity index (χ3n) is 3.29. The van der Waals surface area contributed by atoms with E-state index in [1.165, 1.54) is 11.6 Å². The number of hydrogen-bond acceptors (Lipinski definition) is 4. The van der Waals surface area contributed by atoms with Crippen molar-refractivity contribution in [2.75, 3.05) is 32.2 Å². The number of ether oxygens (including phenoxy) is 1. The number of nitrogens with zero attached hydrogens (tertiary/aromatic N) is 1. The summed E-state index contributed by atoms with van der Waals surface area (Å²) in [6, 6.07) is 7.32. The van der Waals surface area contributed by atoms with Crippen LogP contribution in [0.5, 0.6) is 0 Å². The first-order valence-electron chi connectivity index (χ1n) is 6.91. The van der Waals surface area contributed by atoms with Crippen LogP contribution in [0.15, 0.2) is 35.0 Å². The van der Waals surface area contributed by atoms with Gasteiger partial charge >= 0.3 is 0 Å². The van der Waals surface area contributed by atoms with Crippen LogP contribution in [0.1, 0.15) is 11.1 Å². The Hall–Kier alpha value is -1.43. The molecule has 1 aromatic carbocycles. The lowest BCUT2D eigenvalue weighted by Gasteiger charge is -2.22. The summed E-state index contributed by atoms with van der Waals surface area (Å²) in [5, 5.41) is 7.38. The van der Waals surface area contributed by atoms with Crippen LogP contribution in [0.3, 0.4) is 0 Å². The highest BCUT2D eigenvalue weighted by Gasteiger charge is 2.12. The van der Waals surface area contributed by atoms with Crippen LogP contribution in [0.25, 0.3) is 0 Å². The molecule has 0 fully saturated rings. The van der Waals surface area contributed by atoms with Gasteiger partial charge in [0, 0.05) is 45.0 Å². The highest BCUT2D eigenvalue weighted by atomic mass is 32.1. The van der Waals surface area contributed by atoms with Crippen LogP contribution in [-0.2, 0) is 17.8 Å². The van der Waals surface area contributed by atoms with Crippen molar-refractivity contribution in [2.24, 2.45) is 0 Å². The number of nitrogens with one attached hydrogen (secondary N) is 1. The van der Waals surface area contributed by atoms with Gasteiger partial charge in [-0.3, -0.25) is 0 Å². The Balaban J connectivity index is 2.08. The van der Waals surface area contributed by atoms with E-state index in [1.54, 1.807) is 24.5 Å². The minimum Gasteiger partial charge on any atom is -0.383 e. The predicted molar refractivity (Wildman–Crippen MR) is 86.4 cm³/mol. The summed E-state index contributed by atoms with van der Waals surface area (Å²) in [5.41, 5.74) is 2.86. The summed E-state index contributed by atoms with van der Waals surface area (Å²) >= 11 is 1.68. The summed E-state index contributed by atoms with van der Waals surface area (Å²) in [6.07, 6.45) is 0. The molecule has 21 heavy (non-hydrogen) atoms. The summed E-state index contributed by atoms with van der Waals surface area (Å²) in [6.45, 7) is 2.60. The predicted octanol–water partition coefficient (Wildman–Crippen LogP) is 3.26. The zero-order valence-electron chi connectivity index (χ0n) is 12.4. The highest BCUT2D eigenvalue weighted by Crippen LogP contribution is 2.24. The largest absolute Gasteiger partial charge is 0.383 e. The molecule has 0 unspecified atom stereocenters. The summed E-state index contributed by atoms with van der Waals surface area (Å²) in [4.78, 5) is 2.08. The maximum absolute atomic E-state index is 14.1. The van der Waals surface area contributed by atoms with Crippen molar-refractivity contribution < 1.29 is 9.13 Å². The molecule has 0 amide bonds. The van der Waals surface area contributed by atoms with E-state index in [0.717, 1.165) is 12.2 Å². The molecule has 1 aromatic heterocycles. The number of hydrogen-bond donors (Lipinski definition) is 1. The average molecular weight is 308 g/mol. The van der Waals surface area contributed by atoms with Crippen LogP contribution in [0.2, 0.25) is 0 Å². The molecule has 0 bridgehead atoms. The fourth-order valence-corrected chi connectivity index (χ4v) is 2.87. The summed E-state index contributed by atoms with van der Waals surface area (Å²) < 4.78 is 19.1. The van der Waals surface area contributed by atoms with Gasteiger partial charge in [0.2, 0.25) is 0 Å². The molecule has 0 aliphatic carbocycles. The second kappa shape index (κ2) is 8.12. The molecule has 0 radical (unpaired) electrons. The van der Waals surface area contributed by atoms with Gasteiger partial charge in [0.15, 0.2) is 0 Å². The monoisotopic (exact) mass is 308 g/mol. The van der Waals surface area contributed by atoms with E-state index >= 15 is 0 Å². The Morgan fingerprint density at radius 2 is 2.19 bits per heavy atom. The number of thiophene rings is 1. The van der Waals surface area contributed by atoms with Gasteiger partial charge in [-0.25, -0.2) is 4.39 Å². The first-order valence-corrected chi connectivity index (χ1v) is 7.86. The highest BCUT2D eigenvalue weighted by molar-refractivity contribution is 7.07. The topological polar surface area (TPSA) is 24.5 Å². The van der Waals surface area contributed by atoms with Gasteiger partial charge in [-0.2, -0.15) is 11.3 Å².